The minimum Gasteiger partial charge on any atom is -0.388 e. The van der Waals surface area contributed by atoms with E-state index in [1.807, 2.05) is 6.07 Å². The quantitative estimate of drug-likeness (QED) is 0.357. The highest BCUT2D eigenvalue weighted by atomic mass is 16.1. The van der Waals surface area contributed by atoms with Crippen LogP contribution in [0.25, 0.3) is 0 Å². The molecule has 6 nitrogen and oxygen atoms in total. The van der Waals surface area contributed by atoms with Gasteiger partial charge in [0.25, 0.3) is 5.91 Å². The van der Waals surface area contributed by atoms with Gasteiger partial charge in [0.15, 0.2) is 0 Å². The average molecular weight is 396 g/mol. The lowest BCUT2D eigenvalue weighted by atomic mass is 9.88. The van der Waals surface area contributed by atoms with Crippen molar-refractivity contribution in [3.8, 4) is 6.07 Å². The number of hydrogen-bond acceptors (Lipinski definition) is 5. The maximum Gasteiger partial charge on any atom is 0.263 e. The fraction of sp³-hybridized carbons (Fsp3) is 0.565. The number of benzene rings is 1. The van der Waals surface area contributed by atoms with E-state index in [1.165, 1.54) is 24.0 Å². The molecule has 1 aromatic carbocycles. The van der Waals surface area contributed by atoms with Crippen LogP contribution in [0.4, 0.5) is 0 Å². The van der Waals surface area contributed by atoms with E-state index in [4.69, 9.17) is 0 Å². The van der Waals surface area contributed by atoms with Crippen molar-refractivity contribution in [2.75, 3.05) is 39.3 Å². The zero-order valence-corrected chi connectivity index (χ0v) is 17.5. The van der Waals surface area contributed by atoms with Gasteiger partial charge in [-0.1, -0.05) is 25.1 Å². The van der Waals surface area contributed by atoms with E-state index in [0.29, 0.717) is 0 Å². The minimum absolute atomic E-state index is 0.0765. The van der Waals surface area contributed by atoms with Crippen molar-refractivity contribution in [2.24, 2.45) is 0 Å². The average Bonchev–Trinajstić information content (AvgIpc) is 2.77. The molecule has 1 aromatic rings. The molecule has 3 rings (SSSR count). The number of amides is 1. The number of hydrogen-bond donors (Lipinski definition) is 3. The standard InChI is InChI=1S/C23H33N5O/c1-2-22(20-8-7-18-5-3-4-6-19(18)15-20)27-23(29)21(16-24)17-26-11-14-28-12-9-25-10-13-28/h7-8,15,17,22,25-26H,2-6,9-14H2,1H3,(H,27,29)/b21-17-. The maximum atomic E-state index is 12.6. The number of nitriles is 1. The largest absolute Gasteiger partial charge is 0.388 e. The zero-order chi connectivity index (χ0) is 20.5. The molecular weight excluding hydrogens is 362 g/mol. The van der Waals surface area contributed by atoms with Crippen LogP contribution in [0.2, 0.25) is 0 Å². The Bertz CT molecular complexity index is 761. The Kier molecular flexibility index (Phi) is 8.09. The molecule has 1 unspecified atom stereocenters. The highest BCUT2D eigenvalue weighted by Crippen LogP contribution is 2.26. The van der Waals surface area contributed by atoms with E-state index in [-0.39, 0.29) is 17.5 Å². The predicted octanol–water partition coefficient (Wildman–Crippen LogP) is 2.03. The summed E-state index contributed by atoms with van der Waals surface area (Å²) in [4.78, 5) is 15.0. The minimum atomic E-state index is -0.313. The molecule has 1 atom stereocenters. The maximum absolute atomic E-state index is 12.6. The van der Waals surface area contributed by atoms with Gasteiger partial charge in [0.2, 0.25) is 0 Å². The fourth-order valence-corrected chi connectivity index (χ4v) is 4.11. The van der Waals surface area contributed by atoms with Crippen LogP contribution in [0.15, 0.2) is 30.0 Å². The van der Waals surface area contributed by atoms with Crippen molar-refractivity contribution in [2.45, 2.75) is 45.1 Å². The van der Waals surface area contributed by atoms with E-state index >= 15 is 0 Å². The van der Waals surface area contributed by atoms with Crippen LogP contribution in [0, 0.1) is 11.3 Å². The van der Waals surface area contributed by atoms with E-state index < -0.39 is 0 Å². The number of fused-ring (bicyclic) bond motifs is 1. The lowest BCUT2D eigenvalue weighted by Gasteiger charge is -2.26. The van der Waals surface area contributed by atoms with Gasteiger partial charge in [-0.15, -0.1) is 0 Å². The van der Waals surface area contributed by atoms with Crippen LogP contribution in [-0.4, -0.2) is 50.1 Å². The molecule has 0 spiro atoms. The molecule has 29 heavy (non-hydrogen) atoms. The Hall–Kier alpha value is -2.36. The van der Waals surface area contributed by atoms with Gasteiger partial charge in [0.1, 0.15) is 11.6 Å². The summed E-state index contributed by atoms with van der Waals surface area (Å²) >= 11 is 0. The van der Waals surface area contributed by atoms with Gasteiger partial charge >= 0.3 is 0 Å². The summed E-state index contributed by atoms with van der Waals surface area (Å²) in [5.41, 5.74) is 4.10. The van der Waals surface area contributed by atoms with E-state index in [0.717, 1.165) is 64.1 Å². The van der Waals surface area contributed by atoms with Crippen LogP contribution in [-0.2, 0) is 17.6 Å². The molecule has 0 bridgehead atoms. The number of nitrogens with one attached hydrogen (secondary N) is 3. The van der Waals surface area contributed by atoms with E-state index in [9.17, 15) is 10.1 Å². The lowest BCUT2D eigenvalue weighted by molar-refractivity contribution is -0.117. The predicted molar refractivity (Wildman–Crippen MR) is 115 cm³/mol. The summed E-state index contributed by atoms with van der Waals surface area (Å²) in [5, 5.41) is 18.9. The zero-order valence-electron chi connectivity index (χ0n) is 17.5. The van der Waals surface area contributed by atoms with Gasteiger partial charge in [-0.05, 0) is 48.8 Å². The number of rotatable bonds is 8. The van der Waals surface area contributed by atoms with Gasteiger partial charge in [-0.2, -0.15) is 5.26 Å². The topological polar surface area (TPSA) is 80.2 Å². The molecule has 1 saturated heterocycles. The van der Waals surface area contributed by atoms with E-state index in [1.54, 1.807) is 6.20 Å². The molecule has 0 aromatic heterocycles. The number of aryl methyl sites for hydroxylation is 2. The third-order valence-corrected chi connectivity index (χ3v) is 5.88. The molecule has 6 heteroatoms. The molecule has 1 amide bonds. The first-order valence-corrected chi connectivity index (χ1v) is 10.9. The van der Waals surface area contributed by atoms with Crippen LogP contribution < -0.4 is 16.0 Å². The van der Waals surface area contributed by atoms with Crippen molar-refractivity contribution >= 4 is 5.91 Å². The van der Waals surface area contributed by atoms with Crippen LogP contribution >= 0.6 is 0 Å². The summed E-state index contributed by atoms with van der Waals surface area (Å²) in [6.07, 6.45) is 7.11. The summed E-state index contributed by atoms with van der Waals surface area (Å²) in [7, 11) is 0. The normalized spacial score (nSPS) is 18.4. The van der Waals surface area contributed by atoms with Crippen molar-refractivity contribution in [3.05, 3.63) is 46.7 Å². The molecule has 3 N–H and O–H groups in total. The smallest absolute Gasteiger partial charge is 0.263 e. The Morgan fingerprint density at radius 2 is 2.03 bits per heavy atom. The van der Waals surface area contributed by atoms with Crippen LogP contribution in [0.1, 0.15) is 48.9 Å². The van der Waals surface area contributed by atoms with Gasteiger partial charge in [0, 0.05) is 45.5 Å². The first-order chi connectivity index (χ1) is 14.2. The Balaban J connectivity index is 1.54. The van der Waals surface area contributed by atoms with Gasteiger partial charge in [-0.25, -0.2) is 0 Å². The first-order valence-electron chi connectivity index (χ1n) is 10.9. The van der Waals surface area contributed by atoms with Gasteiger partial charge in [-0.3, -0.25) is 9.69 Å². The Morgan fingerprint density at radius 1 is 1.28 bits per heavy atom. The third-order valence-electron chi connectivity index (χ3n) is 5.88. The molecule has 1 fully saturated rings. The summed E-state index contributed by atoms with van der Waals surface area (Å²) in [5.74, 6) is -0.313. The van der Waals surface area contributed by atoms with Crippen molar-refractivity contribution < 1.29 is 4.79 Å². The van der Waals surface area contributed by atoms with Crippen molar-refractivity contribution in [3.63, 3.8) is 0 Å². The number of nitrogens with zero attached hydrogens (tertiary/aromatic N) is 2. The molecule has 2 aliphatic rings. The van der Waals surface area contributed by atoms with Gasteiger partial charge < -0.3 is 16.0 Å². The second-order valence-electron chi connectivity index (χ2n) is 7.89. The van der Waals surface area contributed by atoms with E-state index in [2.05, 4.69) is 46.0 Å². The van der Waals surface area contributed by atoms with Crippen LogP contribution in [0.5, 0.6) is 0 Å². The monoisotopic (exact) mass is 395 g/mol. The number of carbonyl (C=O) groups excluding carboxylic acids is 1. The SMILES string of the molecule is CCC(NC(=O)/C(C#N)=C\NCCN1CCNCC1)c1ccc2c(c1)CCCC2. The van der Waals surface area contributed by atoms with Crippen molar-refractivity contribution in [1.82, 2.24) is 20.9 Å². The summed E-state index contributed by atoms with van der Waals surface area (Å²) in [6, 6.07) is 8.53. The summed E-state index contributed by atoms with van der Waals surface area (Å²) < 4.78 is 0. The lowest BCUT2D eigenvalue weighted by Crippen LogP contribution is -2.45. The molecule has 156 valence electrons. The summed E-state index contributed by atoms with van der Waals surface area (Å²) in [6.45, 7) is 7.80. The highest BCUT2D eigenvalue weighted by molar-refractivity contribution is 5.97. The molecular formula is C23H33N5O. The molecule has 0 radical (unpaired) electrons. The highest BCUT2D eigenvalue weighted by Gasteiger charge is 2.18. The Morgan fingerprint density at radius 3 is 2.76 bits per heavy atom. The first kappa shape index (κ1) is 21.4. The second kappa shape index (κ2) is 11.0. The fourth-order valence-electron chi connectivity index (χ4n) is 4.11. The molecule has 1 aliphatic heterocycles. The van der Waals surface area contributed by atoms with Crippen LogP contribution in [0.3, 0.4) is 0 Å². The Labute approximate surface area is 174 Å². The van der Waals surface area contributed by atoms with Crippen molar-refractivity contribution in [1.29, 1.82) is 5.26 Å². The molecule has 1 aliphatic carbocycles. The van der Waals surface area contributed by atoms with Gasteiger partial charge in [0.05, 0.1) is 6.04 Å². The second-order valence-corrected chi connectivity index (χ2v) is 7.89. The number of carbonyl (C=O) groups is 1. The molecule has 0 saturated carbocycles. The molecule has 1 heterocycles. The third kappa shape index (κ3) is 6.06. The number of piperazine rings is 1.